The summed E-state index contributed by atoms with van der Waals surface area (Å²) >= 11 is 9.56. The van der Waals surface area contributed by atoms with Crippen LogP contribution in [0.5, 0.6) is 0 Å². The molecule has 0 amide bonds. The fraction of sp³-hybridized carbons (Fsp3) is 0.294. The highest BCUT2D eigenvalue weighted by atomic mass is 79.9. The monoisotopic (exact) mass is 366 g/mol. The van der Waals surface area contributed by atoms with E-state index in [9.17, 15) is 0 Å². The number of benzene rings is 2. The molecule has 0 radical (unpaired) electrons. The molecular weight excluding hydrogens is 348 g/mol. The predicted molar refractivity (Wildman–Crippen MR) is 93.7 cm³/mol. The standard InChI is InChI=1S/C17H20BrClN2/c1-21(2)12-17(13-6-4-3-5-7-13)20-11-14-8-9-15(19)10-16(14)18/h3-10,17,20H,11-12H2,1-2H3. The van der Waals surface area contributed by atoms with Crippen LogP contribution in [0.3, 0.4) is 0 Å². The number of likely N-dealkylation sites (N-methyl/N-ethyl adjacent to an activating group) is 1. The summed E-state index contributed by atoms with van der Waals surface area (Å²) in [6.07, 6.45) is 0. The van der Waals surface area contributed by atoms with Crippen molar-refractivity contribution in [2.45, 2.75) is 12.6 Å². The summed E-state index contributed by atoms with van der Waals surface area (Å²) in [6.45, 7) is 1.75. The molecule has 0 saturated heterocycles. The van der Waals surface area contributed by atoms with Gasteiger partial charge in [-0.3, -0.25) is 0 Å². The van der Waals surface area contributed by atoms with Crippen LogP contribution in [0.15, 0.2) is 53.0 Å². The van der Waals surface area contributed by atoms with E-state index in [0.717, 1.165) is 22.6 Å². The molecule has 112 valence electrons. The topological polar surface area (TPSA) is 15.3 Å². The fourth-order valence-electron chi connectivity index (χ4n) is 2.24. The molecular formula is C17H20BrClN2. The average molecular weight is 368 g/mol. The Kier molecular flexibility index (Phi) is 6.24. The molecule has 2 aromatic carbocycles. The summed E-state index contributed by atoms with van der Waals surface area (Å²) in [7, 11) is 4.19. The lowest BCUT2D eigenvalue weighted by Gasteiger charge is -2.23. The molecule has 1 atom stereocenters. The number of hydrogen-bond acceptors (Lipinski definition) is 2. The van der Waals surface area contributed by atoms with Crippen LogP contribution in [0, 0.1) is 0 Å². The van der Waals surface area contributed by atoms with E-state index in [1.807, 2.05) is 18.2 Å². The normalized spacial score (nSPS) is 12.6. The zero-order chi connectivity index (χ0) is 15.2. The first kappa shape index (κ1) is 16.5. The third-order valence-electron chi connectivity index (χ3n) is 3.30. The van der Waals surface area contributed by atoms with E-state index in [1.165, 1.54) is 11.1 Å². The zero-order valence-electron chi connectivity index (χ0n) is 12.3. The van der Waals surface area contributed by atoms with Crippen molar-refractivity contribution in [3.63, 3.8) is 0 Å². The molecule has 21 heavy (non-hydrogen) atoms. The lowest BCUT2D eigenvalue weighted by molar-refractivity contribution is 0.340. The van der Waals surface area contributed by atoms with Gasteiger partial charge in [0.2, 0.25) is 0 Å². The van der Waals surface area contributed by atoms with Crippen molar-refractivity contribution in [3.8, 4) is 0 Å². The minimum atomic E-state index is 0.295. The Hall–Kier alpha value is -0.870. The maximum Gasteiger partial charge on any atom is 0.0451 e. The van der Waals surface area contributed by atoms with Gasteiger partial charge in [0.25, 0.3) is 0 Å². The molecule has 0 aliphatic rings. The maximum atomic E-state index is 5.99. The second-order valence-corrected chi connectivity index (χ2v) is 6.63. The first-order valence-electron chi connectivity index (χ1n) is 6.93. The van der Waals surface area contributed by atoms with Gasteiger partial charge in [0.05, 0.1) is 0 Å². The zero-order valence-corrected chi connectivity index (χ0v) is 14.7. The van der Waals surface area contributed by atoms with E-state index in [2.05, 4.69) is 70.6 Å². The maximum absolute atomic E-state index is 5.99. The van der Waals surface area contributed by atoms with E-state index < -0.39 is 0 Å². The summed E-state index contributed by atoms with van der Waals surface area (Å²) in [5, 5.41) is 4.38. The molecule has 0 aromatic heterocycles. The Balaban J connectivity index is 2.09. The van der Waals surface area contributed by atoms with Gasteiger partial charge < -0.3 is 10.2 Å². The Morgan fingerprint density at radius 3 is 2.48 bits per heavy atom. The quantitative estimate of drug-likeness (QED) is 0.809. The van der Waals surface area contributed by atoms with Crippen LogP contribution < -0.4 is 5.32 Å². The number of nitrogens with zero attached hydrogens (tertiary/aromatic N) is 1. The van der Waals surface area contributed by atoms with Crippen LogP contribution in [0.4, 0.5) is 0 Å². The van der Waals surface area contributed by atoms with Crippen LogP contribution >= 0.6 is 27.5 Å². The SMILES string of the molecule is CN(C)CC(NCc1ccc(Cl)cc1Br)c1ccccc1. The predicted octanol–water partition coefficient (Wildman–Crippen LogP) is 4.50. The summed E-state index contributed by atoms with van der Waals surface area (Å²) in [6, 6.07) is 16.7. The van der Waals surface area contributed by atoms with Gasteiger partial charge in [-0.15, -0.1) is 0 Å². The lowest BCUT2D eigenvalue weighted by Crippen LogP contribution is -2.31. The Morgan fingerprint density at radius 2 is 1.86 bits per heavy atom. The van der Waals surface area contributed by atoms with Gasteiger partial charge in [0, 0.05) is 28.6 Å². The Bertz CT molecular complexity index is 572. The average Bonchev–Trinajstić information content (AvgIpc) is 2.45. The lowest BCUT2D eigenvalue weighted by atomic mass is 10.1. The van der Waals surface area contributed by atoms with Crippen molar-refractivity contribution in [3.05, 3.63) is 69.2 Å². The number of rotatable bonds is 6. The van der Waals surface area contributed by atoms with Crippen LogP contribution in [0.25, 0.3) is 0 Å². The van der Waals surface area contributed by atoms with Crippen molar-refractivity contribution >= 4 is 27.5 Å². The highest BCUT2D eigenvalue weighted by Crippen LogP contribution is 2.22. The summed E-state index contributed by atoms with van der Waals surface area (Å²) in [4.78, 5) is 2.20. The van der Waals surface area contributed by atoms with Crippen molar-refractivity contribution < 1.29 is 0 Å². The molecule has 0 spiro atoms. The highest BCUT2D eigenvalue weighted by molar-refractivity contribution is 9.10. The third-order valence-corrected chi connectivity index (χ3v) is 4.28. The van der Waals surface area contributed by atoms with Crippen LogP contribution in [-0.4, -0.2) is 25.5 Å². The minimum absolute atomic E-state index is 0.295. The van der Waals surface area contributed by atoms with Crippen LogP contribution in [0.2, 0.25) is 5.02 Å². The molecule has 2 nitrogen and oxygen atoms in total. The number of nitrogens with one attached hydrogen (secondary N) is 1. The molecule has 1 N–H and O–H groups in total. The molecule has 0 heterocycles. The third kappa shape index (κ3) is 5.11. The number of hydrogen-bond donors (Lipinski definition) is 1. The second-order valence-electron chi connectivity index (χ2n) is 5.34. The first-order valence-corrected chi connectivity index (χ1v) is 8.10. The summed E-state index contributed by atoms with van der Waals surface area (Å²) < 4.78 is 1.04. The highest BCUT2D eigenvalue weighted by Gasteiger charge is 2.12. The summed E-state index contributed by atoms with van der Waals surface area (Å²) in [5.74, 6) is 0. The molecule has 0 aliphatic heterocycles. The second kappa shape index (κ2) is 7.95. The number of halogens is 2. The fourth-order valence-corrected chi connectivity index (χ4v) is 3.06. The molecule has 1 unspecified atom stereocenters. The van der Waals surface area contributed by atoms with Crippen molar-refractivity contribution in [2.75, 3.05) is 20.6 Å². The van der Waals surface area contributed by atoms with Crippen molar-refractivity contribution in [1.82, 2.24) is 10.2 Å². The van der Waals surface area contributed by atoms with E-state index in [4.69, 9.17) is 11.6 Å². The van der Waals surface area contributed by atoms with E-state index in [-0.39, 0.29) is 0 Å². The molecule has 0 saturated carbocycles. The van der Waals surface area contributed by atoms with Crippen molar-refractivity contribution in [2.24, 2.45) is 0 Å². The Morgan fingerprint density at radius 1 is 1.14 bits per heavy atom. The molecule has 0 aliphatic carbocycles. The summed E-state index contributed by atoms with van der Waals surface area (Å²) in [5.41, 5.74) is 2.51. The minimum Gasteiger partial charge on any atom is -0.308 e. The van der Waals surface area contributed by atoms with Gasteiger partial charge in [-0.25, -0.2) is 0 Å². The van der Waals surface area contributed by atoms with Crippen LogP contribution in [-0.2, 0) is 6.54 Å². The molecule has 2 rings (SSSR count). The smallest absolute Gasteiger partial charge is 0.0451 e. The van der Waals surface area contributed by atoms with Gasteiger partial charge in [-0.2, -0.15) is 0 Å². The Labute approximate surface area is 140 Å². The van der Waals surface area contributed by atoms with E-state index in [0.29, 0.717) is 6.04 Å². The van der Waals surface area contributed by atoms with E-state index in [1.54, 1.807) is 0 Å². The van der Waals surface area contributed by atoms with Crippen molar-refractivity contribution in [1.29, 1.82) is 0 Å². The van der Waals surface area contributed by atoms with Gasteiger partial charge >= 0.3 is 0 Å². The largest absolute Gasteiger partial charge is 0.308 e. The van der Waals surface area contributed by atoms with E-state index >= 15 is 0 Å². The molecule has 0 fully saturated rings. The first-order chi connectivity index (χ1) is 10.1. The van der Waals surface area contributed by atoms with Gasteiger partial charge in [0.15, 0.2) is 0 Å². The van der Waals surface area contributed by atoms with Crippen LogP contribution in [0.1, 0.15) is 17.2 Å². The molecule has 2 aromatic rings. The molecule has 0 bridgehead atoms. The molecule has 4 heteroatoms. The van der Waals surface area contributed by atoms with Gasteiger partial charge in [0.1, 0.15) is 0 Å². The van der Waals surface area contributed by atoms with Gasteiger partial charge in [-0.1, -0.05) is 63.9 Å². The van der Waals surface area contributed by atoms with Gasteiger partial charge in [-0.05, 0) is 37.4 Å².